The van der Waals surface area contributed by atoms with Crippen LogP contribution >= 0.6 is 0 Å². The minimum atomic E-state index is -0.0979. The van der Waals surface area contributed by atoms with Gasteiger partial charge in [0.15, 0.2) is 5.65 Å². The summed E-state index contributed by atoms with van der Waals surface area (Å²) in [5.74, 6) is -0.0979. The van der Waals surface area contributed by atoms with Crippen LogP contribution in [0, 0.1) is 13.8 Å². The number of aryl methyl sites for hydroxylation is 3. The molecule has 2 aromatic heterocycles. The molecule has 0 aliphatic heterocycles. The molecule has 0 aliphatic rings. The summed E-state index contributed by atoms with van der Waals surface area (Å²) in [6, 6.07) is 1.80. The molecule has 0 fully saturated rings. The van der Waals surface area contributed by atoms with Crippen molar-refractivity contribution in [1.82, 2.24) is 20.1 Å². The number of nitrogens with zero attached hydrogens (tertiary/aromatic N) is 3. The highest BCUT2D eigenvalue weighted by atomic mass is 16.1. The van der Waals surface area contributed by atoms with Gasteiger partial charge < -0.3 is 5.32 Å². The Morgan fingerprint density at radius 1 is 1.47 bits per heavy atom. The number of amides is 1. The minimum absolute atomic E-state index is 0.0979. The van der Waals surface area contributed by atoms with Crippen LogP contribution in [0.4, 0.5) is 0 Å². The van der Waals surface area contributed by atoms with Crippen molar-refractivity contribution < 1.29 is 4.79 Å². The number of hydrogen-bond acceptors (Lipinski definition) is 3. The van der Waals surface area contributed by atoms with E-state index in [2.05, 4.69) is 15.4 Å². The number of carbonyl (C=O) groups is 1. The van der Waals surface area contributed by atoms with Gasteiger partial charge in [0.05, 0.1) is 16.6 Å². The van der Waals surface area contributed by atoms with Crippen LogP contribution in [0.5, 0.6) is 0 Å². The van der Waals surface area contributed by atoms with E-state index in [0.29, 0.717) is 5.56 Å². The molecule has 0 aliphatic carbocycles. The van der Waals surface area contributed by atoms with Crippen LogP contribution < -0.4 is 5.32 Å². The first-order valence-electron chi connectivity index (χ1n) is 5.65. The summed E-state index contributed by atoms with van der Waals surface area (Å²) in [6.45, 7) is 6.54. The van der Waals surface area contributed by atoms with Gasteiger partial charge in [-0.1, -0.05) is 0 Å². The molecule has 2 aromatic rings. The Morgan fingerprint density at radius 3 is 2.76 bits per heavy atom. The molecule has 90 valence electrons. The summed E-state index contributed by atoms with van der Waals surface area (Å²) < 4.78 is 1.82. The van der Waals surface area contributed by atoms with Crippen LogP contribution in [0.1, 0.15) is 28.7 Å². The number of carbonyl (C=O) groups excluding carboxylic acids is 1. The zero-order valence-electron chi connectivity index (χ0n) is 10.5. The number of hydrogen-bond donors (Lipinski definition) is 1. The van der Waals surface area contributed by atoms with Gasteiger partial charge in [0.2, 0.25) is 0 Å². The van der Waals surface area contributed by atoms with E-state index in [1.165, 1.54) is 0 Å². The van der Waals surface area contributed by atoms with Crippen molar-refractivity contribution in [2.24, 2.45) is 0 Å². The number of pyridine rings is 1. The summed E-state index contributed by atoms with van der Waals surface area (Å²) in [5.41, 5.74) is 3.09. The molecule has 0 atom stereocenters. The van der Waals surface area contributed by atoms with Crippen molar-refractivity contribution in [1.29, 1.82) is 0 Å². The Labute approximate surface area is 99.8 Å². The van der Waals surface area contributed by atoms with Gasteiger partial charge >= 0.3 is 0 Å². The maximum atomic E-state index is 11.9. The molecule has 5 heteroatoms. The van der Waals surface area contributed by atoms with Gasteiger partial charge in [-0.15, -0.1) is 0 Å². The highest BCUT2D eigenvalue weighted by molar-refractivity contribution is 6.06. The highest BCUT2D eigenvalue weighted by Gasteiger charge is 2.17. The lowest BCUT2D eigenvalue weighted by Gasteiger charge is -2.04. The number of nitrogens with one attached hydrogen (secondary N) is 1. The fraction of sp³-hybridized carbons (Fsp3) is 0.417. The van der Waals surface area contributed by atoms with E-state index < -0.39 is 0 Å². The predicted octanol–water partition coefficient (Wildman–Crippen LogP) is 1.43. The summed E-state index contributed by atoms with van der Waals surface area (Å²) in [5, 5.41) is 7.90. The van der Waals surface area contributed by atoms with Crippen molar-refractivity contribution in [2.75, 3.05) is 7.05 Å². The fourth-order valence-electron chi connectivity index (χ4n) is 2.01. The Kier molecular flexibility index (Phi) is 2.83. The summed E-state index contributed by atoms with van der Waals surface area (Å²) in [7, 11) is 1.63. The first-order chi connectivity index (χ1) is 8.08. The average molecular weight is 232 g/mol. The third-order valence-corrected chi connectivity index (χ3v) is 2.78. The second kappa shape index (κ2) is 4.16. The first kappa shape index (κ1) is 11.6. The molecule has 0 spiro atoms. The van der Waals surface area contributed by atoms with Gasteiger partial charge in [-0.25, -0.2) is 9.67 Å². The zero-order chi connectivity index (χ0) is 12.6. The number of aromatic nitrogens is 3. The topological polar surface area (TPSA) is 59.8 Å². The lowest BCUT2D eigenvalue weighted by Crippen LogP contribution is -2.18. The van der Waals surface area contributed by atoms with Gasteiger partial charge in [0, 0.05) is 19.3 Å². The maximum absolute atomic E-state index is 11.9. The molecular formula is C12H16N4O. The van der Waals surface area contributed by atoms with Crippen LogP contribution in [0.25, 0.3) is 11.0 Å². The third-order valence-electron chi connectivity index (χ3n) is 2.78. The molecule has 0 saturated heterocycles. The van der Waals surface area contributed by atoms with Crippen molar-refractivity contribution in [3.63, 3.8) is 0 Å². The van der Waals surface area contributed by atoms with Gasteiger partial charge in [-0.05, 0) is 26.8 Å². The molecule has 17 heavy (non-hydrogen) atoms. The van der Waals surface area contributed by atoms with Crippen LogP contribution in [-0.2, 0) is 6.54 Å². The fourth-order valence-corrected chi connectivity index (χ4v) is 2.01. The Morgan fingerprint density at radius 2 is 2.18 bits per heavy atom. The second-order valence-corrected chi connectivity index (χ2v) is 3.99. The smallest absolute Gasteiger partial charge is 0.251 e. The third kappa shape index (κ3) is 1.77. The standard InChI is InChI=1S/C12H16N4O/c1-5-16-11-10(8(3)15-16)9(12(17)13-4)6-7(2)14-11/h6H,5H2,1-4H3,(H,13,17). The zero-order valence-corrected chi connectivity index (χ0v) is 10.5. The van der Waals surface area contributed by atoms with Gasteiger partial charge in [0.25, 0.3) is 5.91 Å². The largest absolute Gasteiger partial charge is 0.355 e. The summed E-state index contributed by atoms with van der Waals surface area (Å²) in [6.07, 6.45) is 0. The second-order valence-electron chi connectivity index (χ2n) is 3.99. The molecule has 1 amide bonds. The lowest BCUT2D eigenvalue weighted by molar-refractivity contribution is 0.0964. The van der Waals surface area contributed by atoms with E-state index in [1.54, 1.807) is 13.1 Å². The molecular weight excluding hydrogens is 216 g/mol. The van der Waals surface area contributed by atoms with Crippen molar-refractivity contribution in [3.05, 3.63) is 23.0 Å². The van der Waals surface area contributed by atoms with Crippen molar-refractivity contribution in [3.8, 4) is 0 Å². The van der Waals surface area contributed by atoms with Crippen LogP contribution in [0.15, 0.2) is 6.07 Å². The molecule has 5 nitrogen and oxygen atoms in total. The molecule has 0 saturated carbocycles. The molecule has 0 unspecified atom stereocenters. The van der Waals surface area contributed by atoms with E-state index in [-0.39, 0.29) is 5.91 Å². The van der Waals surface area contributed by atoms with E-state index in [4.69, 9.17) is 0 Å². The number of fused-ring (bicyclic) bond motifs is 1. The quantitative estimate of drug-likeness (QED) is 0.852. The van der Waals surface area contributed by atoms with E-state index in [0.717, 1.165) is 29.0 Å². The molecule has 0 aromatic carbocycles. The molecule has 2 heterocycles. The Bertz CT molecular complexity index is 586. The Hall–Kier alpha value is -1.91. The van der Waals surface area contributed by atoms with E-state index in [1.807, 2.05) is 25.5 Å². The maximum Gasteiger partial charge on any atom is 0.251 e. The van der Waals surface area contributed by atoms with Crippen molar-refractivity contribution in [2.45, 2.75) is 27.3 Å². The minimum Gasteiger partial charge on any atom is -0.355 e. The van der Waals surface area contributed by atoms with Gasteiger partial charge in [0.1, 0.15) is 0 Å². The van der Waals surface area contributed by atoms with Crippen molar-refractivity contribution >= 4 is 16.9 Å². The molecule has 0 bridgehead atoms. The van der Waals surface area contributed by atoms with Crippen LogP contribution in [0.2, 0.25) is 0 Å². The van der Waals surface area contributed by atoms with E-state index >= 15 is 0 Å². The van der Waals surface area contributed by atoms with Crippen LogP contribution in [0.3, 0.4) is 0 Å². The normalized spacial score (nSPS) is 10.8. The SMILES string of the molecule is CCn1nc(C)c2c(C(=O)NC)cc(C)nc21. The molecule has 2 rings (SSSR count). The monoisotopic (exact) mass is 232 g/mol. The average Bonchev–Trinajstić information content (AvgIpc) is 2.64. The Balaban J connectivity index is 2.84. The molecule has 1 N–H and O–H groups in total. The first-order valence-corrected chi connectivity index (χ1v) is 5.65. The number of rotatable bonds is 2. The van der Waals surface area contributed by atoms with Crippen LogP contribution in [-0.4, -0.2) is 27.7 Å². The van der Waals surface area contributed by atoms with Gasteiger partial charge in [-0.3, -0.25) is 4.79 Å². The molecule has 0 radical (unpaired) electrons. The van der Waals surface area contributed by atoms with Gasteiger partial charge in [-0.2, -0.15) is 5.10 Å². The highest BCUT2D eigenvalue weighted by Crippen LogP contribution is 2.22. The van der Waals surface area contributed by atoms with E-state index in [9.17, 15) is 4.79 Å². The lowest BCUT2D eigenvalue weighted by atomic mass is 10.1. The summed E-state index contributed by atoms with van der Waals surface area (Å²) in [4.78, 5) is 16.3. The summed E-state index contributed by atoms with van der Waals surface area (Å²) >= 11 is 0. The predicted molar refractivity (Wildman–Crippen MR) is 66.1 cm³/mol.